The highest BCUT2D eigenvalue weighted by Crippen LogP contribution is 2.30. The second-order valence-electron chi connectivity index (χ2n) is 8.89. The van der Waals surface area contributed by atoms with Crippen LogP contribution in [0.2, 0.25) is 0 Å². The number of hydrogen-bond donors (Lipinski definition) is 1. The van der Waals surface area contributed by atoms with Gasteiger partial charge in [0.15, 0.2) is 0 Å². The second-order valence-corrected chi connectivity index (χ2v) is 8.89. The molecule has 1 fully saturated rings. The van der Waals surface area contributed by atoms with Crippen molar-refractivity contribution in [3.8, 4) is 0 Å². The molecule has 2 amide bonds. The fourth-order valence-electron chi connectivity index (χ4n) is 4.07. The molecule has 1 saturated carbocycles. The Balaban J connectivity index is 1.76. The van der Waals surface area contributed by atoms with Crippen LogP contribution in [-0.2, 0) is 22.6 Å². The number of amides is 2. The maximum Gasteiger partial charge on any atom is 0.230 e. The first-order valence-electron chi connectivity index (χ1n) is 11.3. The average molecular weight is 422 g/mol. The monoisotopic (exact) mass is 421 g/mol. The number of nitrogens with zero attached hydrogens (tertiary/aromatic N) is 2. The van der Waals surface area contributed by atoms with Crippen LogP contribution >= 0.6 is 0 Å². The van der Waals surface area contributed by atoms with Crippen molar-refractivity contribution in [1.29, 1.82) is 0 Å². The highest BCUT2D eigenvalue weighted by atomic mass is 16.2. The number of aryl methyl sites for hydroxylation is 1. The summed E-state index contributed by atoms with van der Waals surface area (Å²) in [5.41, 5.74) is 4.12. The van der Waals surface area contributed by atoms with Crippen molar-refractivity contribution >= 4 is 17.5 Å². The number of likely N-dealkylation sites (N-methyl/N-ethyl adjacent to an activating group) is 1. The van der Waals surface area contributed by atoms with E-state index >= 15 is 0 Å². The number of hydrogen-bond acceptors (Lipinski definition) is 3. The van der Waals surface area contributed by atoms with E-state index in [0.29, 0.717) is 19.5 Å². The molecule has 0 bridgehead atoms. The van der Waals surface area contributed by atoms with Gasteiger partial charge in [-0.15, -0.1) is 0 Å². The molecule has 2 aromatic rings. The topological polar surface area (TPSA) is 52.7 Å². The molecule has 2 aromatic carbocycles. The van der Waals surface area contributed by atoms with Crippen LogP contribution < -0.4 is 10.2 Å². The van der Waals surface area contributed by atoms with Crippen molar-refractivity contribution in [2.45, 2.75) is 45.6 Å². The quantitative estimate of drug-likeness (QED) is 0.667. The van der Waals surface area contributed by atoms with E-state index in [4.69, 9.17) is 0 Å². The summed E-state index contributed by atoms with van der Waals surface area (Å²) in [6.07, 6.45) is 4.51. The van der Waals surface area contributed by atoms with Crippen LogP contribution in [0.15, 0.2) is 48.5 Å². The van der Waals surface area contributed by atoms with Gasteiger partial charge in [0.2, 0.25) is 11.8 Å². The van der Waals surface area contributed by atoms with Crippen molar-refractivity contribution < 1.29 is 9.59 Å². The number of nitrogens with one attached hydrogen (secondary N) is 1. The average Bonchev–Trinajstić information content (AvgIpc) is 3.28. The molecule has 0 atom stereocenters. The van der Waals surface area contributed by atoms with Gasteiger partial charge in [-0.05, 0) is 57.1 Å². The fraction of sp³-hybridized carbons (Fsp3) is 0.462. The van der Waals surface area contributed by atoms with Crippen LogP contribution in [0.5, 0.6) is 0 Å². The largest absolute Gasteiger partial charge is 0.355 e. The van der Waals surface area contributed by atoms with E-state index in [1.165, 1.54) is 5.56 Å². The number of rotatable bonds is 9. The highest BCUT2D eigenvalue weighted by molar-refractivity contribution is 5.95. The Morgan fingerprint density at radius 3 is 2.39 bits per heavy atom. The zero-order chi connectivity index (χ0) is 22.2. The van der Waals surface area contributed by atoms with Crippen molar-refractivity contribution in [3.05, 3.63) is 65.2 Å². The molecule has 0 unspecified atom stereocenters. The molecule has 0 heterocycles. The summed E-state index contributed by atoms with van der Waals surface area (Å²) in [6, 6.07) is 16.2. The third kappa shape index (κ3) is 6.93. The smallest absolute Gasteiger partial charge is 0.230 e. The van der Waals surface area contributed by atoms with Gasteiger partial charge in [0.1, 0.15) is 0 Å². The Morgan fingerprint density at radius 2 is 1.71 bits per heavy atom. The predicted molar refractivity (Wildman–Crippen MR) is 126 cm³/mol. The van der Waals surface area contributed by atoms with Gasteiger partial charge in [0, 0.05) is 24.7 Å². The highest BCUT2D eigenvalue weighted by Gasteiger charge is 2.28. The van der Waals surface area contributed by atoms with Gasteiger partial charge in [-0.25, -0.2) is 0 Å². The lowest BCUT2D eigenvalue weighted by Crippen LogP contribution is -2.35. The van der Waals surface area contributed by atoms with Crippen LogP contribution in [0.4, 0.5) is 5.69 Å². The zero-order valence-corrected chi connectivity index (χ0v) is 19.1. The minimum absolute atomic E-state index is 0.00574. The molecule has 1 aliphatic rings. The van der Waals surface area contributed by atoms with Crippen LogP contribution in [0, 0.1) is 12.8 Å². The van der Waals surface area contributed by atoms with Crippen molar-refractivity contribution in [1.82, 2.24) is 10.2 Å². The van der Waals surface area contributed by atoms with Crippen LogP contribution in [-0.4, -0.2) is 43.9 Å². The first-order chi connectivity index (χ1) is 14.9. The molecule has 5 nitrogen and oxygen atoms in total. The van der Waals surface area contributed by atoms with E-state index in [2.05, 4.69) is 36.5 Å². The normalized spacial score (nSPS) is 14.1. The molecule has 166 valence electrons. The first-order valence-corrected chi connectivity index (χ1v) is 11.3. The zero-order valence-electron chi connectivity index (χ0n) is 19.1. The van der Waals surface area contributed by atoms with E-state index in [-0.39, 0.29) is 17.7 Å². The summed E-state index contributed by atoms with van der Waals surface area (Å²) in [4.78, 5) is 29.7. The van der Waals surface area contributed by atoms with Crippen LogP contribution in [0.3, 0.4) is 0 Å². The van der Waals surface area contributed by atoms with E-state index < -0.39 is 0 Å². The third-order valence-electron chi connectivity index (χ3n) is 5.90. The first kappa shape index (κ1) is 23.0. The summed E-state index contributed by atoms with van der Waals surface area (Å²) in [7, 11) is 3.97. The third-order valence-corrected chi connectivity index (χ3v) is 5.90. The summed E-state index contributed by atoms with van der Waals surface area (Å²) in [5, 5.41) is 2.96. The van der Waals surface area contributed by atoms with Crippen molar-refractivity contribution in [3.63, 3.8) is 0 Å². The molecule has 5 heteroatoms. The summed E-state index contributed by atoms with van der Waals surface area (Å²) >= 11 is 0. The van der Waals surface area contributed by atoms with Gasteiger partial charge in [-0.2, -0.15) is 0 Å². The minimum Gasteiger partial charge on any atom is -0.355 e. The molecule has 0 spiro atoms. The molecular formula is C26H35N3O2. The summed E-state index contributed by atoms with van der Waals surface area (Å²) in [6.45, 7) is 4.06. The Labute approximate surface area is 186 Å². The maximum atomic E-state index is 13.4. The molecule has 31 heavy (non-hydrogen) atoms. The van der Waals surface area contributed by atoms with E-state index in [0.717, 1.165) is 49.0 Å². The number of carbonyl (C=O) groups is 2. The molecular weight excluding hydrogens is 386 g/mol. The predicted octanol–water partition coefficient (Wildman–Crippen LogP) is 3.94. The van der Waals surface area contributed by atoms with Crippen molar-refractivity contribution in [2.75, 3.05) is 32.1 Å². The van der Waals surface area contributed by atoms with Gasteiger partial charge in [-0.3, -0.25) is 9.59 Å². The second kappa shape index (κ2) is 11.1. The van der Waals surface area contributed by atoms with Crippen molar-refractivity contribution in [2.24, 2.45) is 5.92 Å². The molecule has 0 saturated heterocycles. The maximum absolute atomic E-state index is 13.4. The Morgan fingerprint density at radius 1 is 1.00 bits per heavy atom. The van der Waals surface area contributed by atoms with Gasteiger partial charge in [0.25, 0.3) is 0 Å². The van der Waals surface area contributed by atoms with Crippen LogP contribution in [0.25, 0.3) is 0 Å². The molecule has 3 rings (SSSR count). The lowest BCUT2D eigenvalue weighted by Gasteiger charge is -2.26. The fourth-order valence-corrected chi connectivity index (χ4v) is 4.07. The molecule has 1 N–H and O–H groups in total. The van der Waals surface area contributed by atoms with Gasteiger partial charge in [-0.1, -0.05) is 54.8 Å². The van der Waals surface area contributed by atoms with E-state index in [1.54, 1.807) is 0 Å². The van der Waals surface area contributed by atoms with E-state index in [1.807, 2.05) is 48.2 Å². The van der Waals surface area contributed by atoms with Crippen LogP contribution in [0.1, 0.15) is 42.4 Å². The Hall–Kier alpha value is -2.66. The Bertz CT molecular complexity index is 870. The number of carbonyl (C=O) groups excluding carboxylic acids is 2. The number of anilines is 1. The molecule has 1 aliphatic carbocycles. The van der Waals surface area contributed by atoms with Gasteiger partial charge >= 0.3 is 0 Å². The van der Waals surface area contributed by atoms with E-state index in [9.17, 15) is 9.59 Å². The standard InChI is InChI=1S/C26H35N3O2/c1-20-11-13-21(14-12-20)19-29(26(31)23-8-4-5-9-23)24-10-6-7-22(17-24)18-25(30)27-15-16-28(2)3/h6-7,10-14,17,23H,4-5,8-9,15-16,18-19H2,1-3H3,(H,27,30). The molecule has 0 aromatic heterocycles. The molecule has 0 aliphatic heterocycles. The Kier molecular flexibility index (Phi) is 8.24. The van der Waals surface area contributed by atoms with Gasteiger partial charge < -0.3 is 15.1 Å². The lowest BCUT2D eigenvalue weighted by molar-refractivity contribution is -0.122. The number of benzene rings is 2. The van der Waals surface area contributed by atoms with Gasteiger partial charge in [0.05, 0.1) is 13.0 Å². The lowest BCUT2D eigenvalue weighted by atomic mass is 10.0. The summed E-state index contributed by atoms with van der Waals surface area (Å²) < 4.78 is 0. The minimum atomic E-state index is 0.00574. The SMILES string of the molecule is Cc1ccc(CN(C(=O)C2CCCC2)c2cccc(CC(=O)NCCN(C)C)c2)cc1. The summed E-state index contributed by atoms with van der Waals surface area (Å²) in [5.74, 6) is 0.306. The molecule has 0 radical (unpaired) electrons.